The SMILES string of the molecule is COc1ccccc1CC(C)NCC(C)O. The van der Waals surface area contributed by atoms with Gasteiger partial charge in [0, 0.05) is 12.6 Å². The first-order chi connectivity index (χ1) is 7.63. The van der Waals surface area contributed by atoms with Crippen molar-refractivity contribution in [1.82, 2.24) is 5.32 Å². The minimum Gasteiger partial charge on any atom is -0.496 e. The van der Waals surface area contributed by atoms with Crippen molar-refractivity contribution in [3.63, 3.8) is 0 Å². The summed E-state index contributed by atoms with van der Waals surface area (Å²) in [5, 5.41) is 12.5. The van der Waals surface area contributed by atoms with Gasteiger partial charge in [0.1, 0.15) is 5.75 Å². The van der Waals surface area contributed by atoms with Gasteiger partial charge >= 0.3 is 0 Å². The summed E-state index contributed by atoms with van der Waals surface area (Å²) in [6, 6.07) is 8.34. The van der Waals surface area contributed by atoms with Crippen molar-refractivity contribution in [2.24, 2.45) is 0 Å². The Bertz CT molecular complexity index is 313. The minimum absolute atomic E-state index is 0.305. The van der Waals surface area contributed by atoms with Crippen LogP contribution in [0.1, 0.15) is 19.4 Å². The van der Waals surface area contributed by atoms with E-state index in [-0.39, 0.29) is 6.10 Å². The van der Waals surface area contributed by atoms with Gasteiger partial charge in [0.05, 0.1) is 13.2 Å². The third-order valence-corrected chi connectivity index (χ3v) is 2.48. The number of methoxy groups -OCH3 is 1. The Morgan fingerprint density at radius 2 is 2.00 bits per heavy atom. The summed E-state index contributed by atoms with van der Waals surface area (Å²) in [7, 11) is 1.69. The van der Waals surface area contributed by atoms with Gasteiger partial charge in [-0.25, -0.2) is 0 Å². The van der Waals surface area contributed by atoms with Crippen LogP contribution in [-0.2, 0) is 6.42 Å². The molecule has 16 heavy (non-hydrogen) atoms. The predicted molar refractivity (Wildman–Crippen MR) is 65.8 cm³/mol. The van der Waals surface area contributed by atoms with Crippen LogP contribution in [0.15, 0.2) is 24.3 Å². The summed E-state index contributed by atoms with van der Waals surface area (Å²) in [5.41, 5.74) is 1.19. The molecule has 3 nitrogen and oxygen atoms in total. The van der Waals surface area contributed by atoms with E-state index >= 15 is 0 Å². The predicted octanol–water partition coefficient (Wildman–Crippen LogP) is 1.60. The maximum atomic E-state index is 9.18. The van der Waals surface area contributed by atoms with Crippen molar-refractivity contribution < 1.29 is 9.84 Å². The van der Waals surface area contributed by atoms with Gasteiger partial charge in [0.25, 0.3) is 0 Å². The van der Waals surface area contributed by atoms with Crippen molar-refractivity contribution in [2.45, 2.75) is 32.4 Å². The van der Waals surface area contributed by atoms with Crippen molar-refractivity contribution in [3.8, 4) is 5.75 Å². The van der Waals surface area contributed by atoms with Gasteiger partial charge in [-0.1, -0.05) is 18.2 Å². The molecule has 3 heteroatoms. The summed E-state index contributed by atoms with van der Waals surface area (Å²) in [5.74, 6) is 0.924. The summed E-state index contributed by atoms with van der Waals surface area (Å²) >= 11 is 0. The molecule has 0 saturated heterocycles. The van der Waals surface area contributed by atoms with E-state index in [9.17, 15) is 5.11 Å². The van der Waals surface area contributed by atoms with Crippen molar-refractivity contribution >= 4 is 0 Å². The number of nitrogens with one attached hydrogen (secondary N) is 1. The van der Waals surface area contributed by atoms with Crippen LogP contribution in [0.4, 0.5) is 0 Å². The molecule has 0 heterocycles. The first kappa shape index (κ1) is 13.0. The lowest BCUT2D eigenvalue weighted by molar-refractivity contribution is 0.187. The summed E-state index contributed by atoms with van der Waals surface area (Å²) in [6.45, 7) is 4.51. The van der Waals surface area contributed by atoms with Crippen LogP contribution < -0.4 is 10.1 Å². The molecule has 0 aromatic heterocycles. The Morgan fingerprint density at radius 3 is 2.62 bits per heavy atom. The maximum Gasteiger partial charge on any atom is 0.122 e. The van der Waals surface area contributed by atoms with E-state index in [1.807, 2.05) is 18.2 Å². The Hall–Kier alpha value is -1.06. The third kappa shape index (κ3) is 4.21. The second kappa shape index (κ2) is 6.51. The second-order valence-corrected chi connectivity index (χ2v) is 4.17. The lowest BCUT2D eigenvalue weighted by Crippen LogP contribution is -2.33. The molecule has 90 valence electrons. The molecular weight excluding hydrogens is 202 g/mol. The molecule has 0 saturated carbocycles. The van der Waals surface area contributed by atoms with E-state index in [2.05, 4.69) is 18.3 Å². The van der Waals surface area contributed by atoms with Gasteiger partial charge in [-0.3, -0.25) is 0 Å². The number of aliphatic hydroxyl groups is 1. The van der Waals surface area contributed by atoms with E-state index in [1.165, 1.54) is 5.56 Å². The normalized spacial score (nSPS) is 14.5. The van der Waals surface area contributed by atoms with E-state index in [4.69, 9.17) is 4.74 Å². The maximum absolute atomic E-state index is 9.18. The molecule has 1 aromatic rings. The zero-order valence-corrected chi connectivity index (χ0v) is 10.2. The fourth-order valence-electron chi connectivity index (χ4n) is 1.65. The summed E-state index contributed by atoms with van der Waals surface area (Å²) < 4.78 is 5.29. The summed E-state index contributed by atoms with van der Waals surface area (Å²) in [6.07, 6.45) is 0.594. The summed E-state index contributed by atoms with van der Waals surface area (Å²) in [4.78, 5) is 0. The quantitative estimate of drug-likeness (QED) is 0.769. The van der Waals surface area contributed by atoms with Gasteiger partial charge < -0.3 is 15.2 Å². The molecule has 0 radical (unpaired) electrons. The molecule has 0 aliphatic carbocycles. The number of hydrogen-bond acceptors (Lipinski definition) is 3. The Morgan fingerprint density at radius 1 is 1.31 bits per heavy atom. The average molecular weight is 223 g/mol. The molecule has 0 spiro atoms. The van der Waals surface area contributed by atoms with Crippen LogP contribution >= 0.6 is 0 Å². The fourth-order valence-corrected chi connectivity index (χ4v) is 1.65. The number of aliphatic hydroxyl groups excluding tert-OH is 1. The Labute approximate surface area is 97.4 Å². The zero-order valence-electron chi connectivity index (χ0n) is 10.2. The van der Waals surface area contributed by atoms with Crippen LogP contribution in [0.5, 0.6) is 5.75 Å². The Balaban J connectivity index is 2.51. The second-order valence-electron chi connectivity index (χ2n) is 4.17. The highest BCUT2D eigenvalue weighted by atomic mass is 16.5. The zero-order chi connectivity index (χ0) is 12.0. The number of hydrogen-bond donors (Lipinski definition) is 2. The standard InChI is InChI=1S/C13H21NO2/c1-10(14-9-11(2)15)8-12-6-4-5-7-13(12)16-3/h4-7,10-11,14-15H,8-9H2,1-3H3. The molecule has 2 atom stereocenters. The molecule has 2 unspecified atom stereocenters. The van der Waals surface area contributed by atoms with Gasteiger partial charge in [0.2, 0.25) is 0 Å². The van der Waals surface area contributed by atoms with Crippen LogP contribution in [0.2, 0.25) is 0 Å². The monoisotopic (exact) mass is 223 g/mol. The first-order valence-corrected chi connectivity index (χ1v) is 5.66. The molecule has 1 rings (SSSR count). The molecule has 1 aromatic carbocycles. The molecule has 0 amide bonds. The van der Waals surface area contributed by atoms with Crippen molar-refractivity contribution in [2.75, 3.05) is 13.7 Å². The van der Waals surface area contributed by atoms with Crippen LogP contribution in [0.3, 0.4) is 0 Å². The van der Waals surface area contributed by atoms with Gasteiger partial charge in [-0.2, -0.15) is 0 Å². The van der Waals surface area contributed by atoms with E-state index in [1.54, 1.807) is 14.0 Å². The lowest BCUT2D eigenvalue weighted by Gasteiger charge is -2.16. The molecule has 0 aliphatic rings. The lowest BCUT2D eigenvalue weighted by atomic mass is 10.1. The van der Waals surface area contributed by atoms with Gasteiger partial charge in [0.15, 0.2) is 0 Å². The molecule has 0 aliphatic heterocycles. The smallest absolute Gasteiger partial charge is 0.122 e. The van der Waals surface area contributed by atoms with E-state index < -0.39 is 0 Å². The molecule has 2 N–H and O–H groups in total. The highest BCUT2D eigenvalue weighted by molar-refractivity contribution is 5.33. The van der Waals surface area contributed by atoms with Crippen molar-refractivity contribution in [3.05, 3.63) is 29.8 Å². The van der Waals surface area contributed by atoms with Gasteiger partial charge in [-0.05, 0) is 31.9 Å². The van der Waals surface area contributed by atoms with Crippen LogP contribution in [-0.4, -0.2) is 30.9 Å². The number of benzene rings is 1. The minimum atomic E-state index is -0.305. The van der Waals surface area contributed by atoms with Gasteiger partial charge in [-0.15, -0.1) is 0 Å². The highest BCUT2D eigenvalue weighted by Crippen LogP contribution is 2.18. The topological polar surface area (TPSA) is 41.5 Å². The third-order valence-electron chi connectivity index (χ3n) is 2.48. The highest BCUT2D eigenvalue weighted by Gasteiger charge is 2.07. The number of rotatable bonds is 6. The first-order valence-electron chi connectivity index (χ1n) is 5.66. The van der Waals surface area contributed by atoms with Crippen LogP contribution in [0, 0.1) is 0 Å². The fraction of sp³-hybridized carbons (Fsp3) is 0.538. The Kier molecular flexibility index (Phi) is 5.29. The van der Waals surface area contributed by atoms with E-state index in [0.29, 0.717) is 12.6 Å². The number of para-hydroxylation sites is 1. The van der Waals surface area contributed by atoms with Crippen molar-refractivity contribution in [1.29, 1.82) is 0 Å². The largest absolute Gasteiger partial charge is 0.496 e. The van der Waals surface area contributed by atoms with Crippen LogP contribution in [0.25, 0.3) is 0 Å². The molecular formula is C13H21NO2. The molecule has 0 bridgehead atoms. The number of ether oxygens (including phenoxy) is 1. The average Bonchev–Trinajstić information content (AvgIpc) is 2.27. The van der Waals surface area contributed by atoms with E-state index in [0.717, 1.165) is 12.2 Å². The molecule has 0 fully saturated rings.